The standard InChI is InChI=1S/C19H16F2N4OS/c1-19(2)17(26)24(12-6-7-16(23-3)15(21)8-12)18(27)25(19)13-5-4-11(10-22)14(20)9-13/h4-9H,10,22H2,1-2H3. The fraction of sp³-hybridized carbons (Fsp3) is 0.211. The number of benzene rings is 2. The molecule has 2 aromatic rings. The van der Waals surface area contributed by atoms with Crippen molar-refractivity contribution in [1.82, 2.24) is 0 Å². The molecule has 1 aliphatic heterocycles. The molecule has 1 saturated heterocycles. The zero-order valence-corrected chi connectivity index (χ0v) is 15.5. The number of nitrogens with two attached hydrogens (primary N) is 1. The molecule has 2 N–H and O–H groups in total. The lowest BCUT2D eigenvalue weighted by molar-refractivity contribution is -0.120. The predicted octanol–water partition coefficient (Wildman–Crippen LogP) is 3.89. The van der Waals surface area contributed by atoms with Gasteiger partial charge in [0.1, 0.15) is 17.2 Å². The molecular formula is C19H16F2N4OS. The van der Waals surface area contributed by atoms with Gasteiger partial charge in [0.2, 0.25) is 5.69 Å². The fourth-order valence-electron chi connectivity index (χ4n) is 3.02. The number of hydrogen-bond donors (Lipinski definition) is 1. The summed E-state index contributed by atoms with van der Waals surface area (Å²) in [5.74, 6) is -1.62. The van der Waals surface area contributed by atoms with Gasteiger partial charge < -0.3 is 10.6 Å². The minimum absolute atomic E-state index is 0.0533. The van der Waals surface area contributed by atoms with E-state index >= 15 is 0 Å². The molecular weight excluding hydrogens is 370 g/mol. The largest absolute Gasteiger partial charge is 0.326 e. The van der Waals surface area contributed by atoms with Gasteiger partial charge in [-0.2, -0.15) is 0 Å². The number of carbonyl (C=O) groups excluding carboxylic acids is 1. The summed E-state index contributed by atoms with van der Waals surface area (Å²) in [6, 6.07) is 8.29. The molecule has 0 bridgehead atoms. The van der Waals surface area contributed by atoms with Crippen LogP contribution in [0.2, 0.25) is 0 Å². The summed E-state index contributed by atoms with van der Waals surface area (Å²) < 4.78 is 28.2. The first-order valence-electron chi connectivity index (χ1n) is 8.06. The molecule has 0 aliphatic carbocycles. The summed E-state index contributed by atoms with van der Waals surface area (Å²) in [6.07, 6.45) is 0. The van der Waals surface area contributed by atoms with Gasteiger partial charge in [0, 0.05) is 17.8 Å². The van der Waals surface area contributed by atoms with Gasteiger partial charge in [0.15, 0.2) is 5.11 Å². The quantitative estimate of drug-likeness (QED) is 0.642. The van der Waals surface area contributed by atoms with E-state index < -0.39 is 17.2 Å². The third kappa shape index (κ3) is 2.95. The first-order chi connectivity index (χ1) is 12.7. The highest BCUT2D eigenvalue weighted by molar-refractivity contribution is 7.81. The van der Waals surface area contributed by atoms with Crippen LogP contribution in [0.4, 0.5) is 25.8 Å². The van der Waals surface area contributed by atoms with Gasteiger partial charge in [-0.05, 0) is 50.3 Å². The molecule has 1 aliphatic rings. The normalized spacial score (nSPS) is 16.0. The molecule has 5 nitrogen and oxygen atoms in total. The van der Waals surface area contributed by atoms with Crippen LogP contribution in [0.1, 0.15) is 19.4 Å². The zero-order valence-electron chi connectivity index (χ0n) is 14.7. The lowest BCUT2D eigenvalue weighted by atomic mass is 10.0. The van der Waals surface area contributed by atoms with Crippen molar-refractivity contribution in [3.05, 3.63) is 65.0 Å². The molecule has 1 amide bonds. The Hall–Kier alpha value is -2.89. The highest BCUT2D eigenvalue weighted by Gasteiger charge is 2.50. The van der Waals surface area contributed by atoms with E-state index in [1.165, 1.54) is 28.0 Å². The van der Waals surface area contributed by atoms with E-state index in [0.717, 1.165) is 6.07 Å². The van der Waals surface area contributed by atoms with Crippen molar-refractivity contribution in [2.75, 3.05) is 9.80 Å². The Bertz CT molecular complexity index is 1000. The number of halogens is 2. The Morgan fingerprint density at radius 1 is 1.15 bits per heavy atom. The van der Waals surface area contributed by atoms with Gasteiger partial charge in [-0.1, -0.05) is 12.1 Å². The first-order valence-corrected chi connectivity index (χ1v) is 8.47. The van der Waals surface area contributed by atoms with Crippen molar-refractivity contribution >= 4 is 40.3 Å². The number of hydrogen-bond acceptors (Lipinski definition) is 3. The Morgan fingerprint density at radius 3 is 2.33 bits per heavy atom. The predicted molar refractivity (Wildman–Crippen MR) is 104 cm³/mol. The molecule has 2 aromatic carbocycles. The molecule has 8 heteroatoms. The van der Waals surface area contributed by atoms with E-state index in [1.807, 2.05) is 0 Å². The van der Waals surface area contributed by atoms with Crippen LogP contribution in [-0.4, -0.2) is 16.6 Å². The number of carbonyl (C=O) groups is 1. The highest BCUT2D eigenvalue weighted by atomic mass is 32.1. The second-order valence-corrected chi connectivity index (χ2v) is 6.91. The topological polar surface area (TPSA) is 53.9 Å². The number of rotatable bonds is 3. The second kappa shape index (κ2) is 6.68. The smallest absolute Gasteiger partial charge is 0.259 e. The van der Waals surface area contributed by atoms with E-state index in [9.17, 15) is 13.6 Å². The maximum absolute atomic E-state index is 14.2. The third-order valence-corrected chi connectivity index (χ3v) is 4.86. The van der Waals surface area contributed by atoms with Crippen LogP contribution in [0.3, 0.4) is 0 Å². The van der Waals surface area contributed by atoms with Crippen LogP contribution < -0.4 is 15.5 Å². The summed E-state index contributed by atoms with van der Waals surface area (Å²) in [7, 11) is 0. The molecule has 138 valence electrons. The summed E-state index contributed by atoms with van der Waals surface area (Å²) in [6.45, 7) is 10.3. The van der Waals surface area contributed by atoms with Crippen molar-refractivity contribution in [2.45, 2.75) is 25.9 Å². The Labute approximate surface area is 160 Å². The zero-order chi connectivity index (χ0) is 19.9. The number of anilines is 2. The molecule has 1 fully saturated rings. The number of nitrogens with zero attached hydrogens (tertiary/aromatic N) is 3. The van der Waals surface area contributed by atoms with Crippen LogP contribution >= 0.6 is 12.2 Å². The molecule has 0 radical (unpaired) electrons. The lowest BCUT2D eigenvalue weighted by Crippen LogP contribution is -2.44. The SMILES string of the molecule is [C-]#[N+]c1ccc(N2C(=O)C(C)(C)N(c3ccc(CN)c(F)c3)C2=S)cc1F. The van der Waals surface area contributed by atoms with Gasteiger partial charge in [0.25, 0.3) is 5.91 Å². The molecule has 3 rings (SSSR count). The van der Waals surface area contributed by atoms with Gasteiger partial charge in [-0.25, -0.2) is 13.6 Å². The summed E-state index contributed by atoms with van der Waals surface area (Å²) in [5.41, 5.74) is 5.20. The highest BCUT2D eigenvalue weighted by Crippen LogP contribution is 2.37. The molecule has 0 atom stereocenters. The summed E-state index contributed by atoms with van der Waals surface area (Å²) in [5, 5.41) is 0.0971. The molecule has 1 heterocycles. The van der Waals surface area contributed by atoms with Crippen LogP contribution in [0.15, 0.2) is 36.4 Å². The van der Waals surface area contributed by atoms with Crippen LogP contribution in [0, 0.1) is 18.2 Å². The molecule has 0 saturated carbocycles. The van der Waals surface area contributed by atoms with Gasteiger partial charge in [-0.15, -0.1) is 0 Å². The monoisotopic (exact) mass is 386 g/mol. The third-order valence-electron chi connectivity index (χ3n) is 4.49. The minimum atomic E-state index is -1.11. The van der Waals surface area contributed by atoms with Gasteiger partial charge in [-0.3, -0.25) is 9.69 Å². The molecule has 0 spiro atoms. The Morgan fingerprint density at radius 2 is 1.78 bits per heavy atom. The van der Waals surface area contributed by atoms with Crippen LogP contribution in [-0.2, 0) is 11.3 Å². The molecule has 27 heavy (non-hydrogen) atoms. The second-order valence-electron chi connectivity index (χ2n) is 6.54. The molecule has 0 unspecified atom stereocenters. The van der Waals surface area contributed by atoms with Crippen LogP contribution in [0.5, 0.6) is 0 Å². The van der Waals surface area contributed by atoms with Crippen molar-refractivity contribution in [1.29, 1.82) is 0 Å². The Kier molecular flexibility index (Phi) is 4.68. The Balaban J connectivity index is 2.07. The van der Waals surface area contributed by atoms with Crippen molar-refractivity contribution in [3.8, 4) is 0 Å². The number of thiocarbonyl (C=S) groups is 1. The maximum Gasteiger partial charge on any atom is 0.259 e. The van der Waals surface area contributed by atoms with E-state index in [4.69, 9.17) is 24.5 Å². The first kappa shape index (κ1) is 18.9. The summed E-state index contributed by atoms with van der Waals surface area (Å²) in [4.78, 5) is 18.8. The fourth-order valence-corrected chi connectivity index (χ4v) is 3.54. The molecule has 0 aromatic heterocycles. The number of amides is 1. The average Bonchev–Trinajstić information content (AvgIpc) is 2.79. The van der Waals surface area contributed by atoms with E-state index in [1.54, 1.807) is 26.0 Å². The van der Waals surface area contributed by atoms with Gasteiger partial charge in [0.05, 0.1) is 12.3 Å². The van der Waals surface area contributed by atoms with Gasteiger partial charge >= 0.3 is 0 Å². The van der Waals surface area contributed by atoms with Crippen molar-refractivity contribution < 1.29 is 13.6 Å². The maximum atomic E-state index is 14.2. The van der Waals surface area contributed by atoms with E-state index in [2.05, 4.69) is 4.85 Å². The minimum Gasteiger partial charge on any atom is -0.326 e. The van der Waals surface area contributed by atoms with E-state index in [0.29, 0.717) is 11.3 Å². The summed E-state index contributed by atoms with van der Waals surface area (Å²) >= 11 is 5.46. The van der Waals surface area contributed by atoms with E-state index in [-0.39, 0.29) is 28.9 Å². The lowest BCUT2D eigenvalue weighted by Gasteiger charge is -2.29. The average molecular weight is 386 g/mol. The van der Waals surface area contributed by atoms with Crippen molar-refractivity contribution in [2.24, 2.45) is 5.73 Å². The van der Waals surface area contributed by atoms with Crippen molar-refractivity contribution in [3.63, 3.8) is 0 Å². The van der Waals surface area contributed by atoms with Crippen LogP contribution in [0.25, 0.3) is 4.85 Å².